The summed E-state index contributed by atoms with van der Waals surface area (Å²) in [6, 6.07) is 0. The molecule has 0 aromatic rings. The average molecular weight is 141 g/mol. The Hall–Kier alpha value is -1.26. The number of nitrogens with one attached hydrogen (secondary N) is 2. The molecule has 5 nitrogen and oxygen atoms in total. The van der Waals surface area contributed by atoms with E-state index in [-0.39, 0.29) is 6.17 Å². The van der Waals surface area contributed by atoms with Gasteiger partial charge in [-0.3, -0.25) is 5.32 Å². The highest BCUT2D eigenvalue weighted by atomic mass is 15.3. The molecule has 0 fully saturated rings. The Morgan fingerprint density at radius 3 is 2.80 bits per heavy atom. The summed E-state index contributed by atoms with van der Waals surface area (Å²) in [5.74, 6) is 1.08. The lowest BCUT2D eigenvalue weighted by molar-refractivity contribution is 0.754. The molecule has 56 valence electrons. The van der Waals surface area contributed by atoms with Crippen molar-refractivity contribution in [3.63, 3.8) is 0 Å². The molecule has 1 heterocycles. The van der Waals surface area contributed by atoms with Crippen molar-refractivity contribution in [1.29, 1.82) is 0 Å². The van der Waals surface area contributed by atoms with Crippen molar-refractivity contribution in [3.8, 4) is 0 Å². The minimum Gasteiger partial charge on any atom is -0.370 e. The molecule has 5 heteroatoms. The third kappa shape index (κ3) is 1.37. The van der Waals surface area contributed by atoms with E-state index >= 15 is 0 Å². The van der Waals surface area contributed by atoms with Gasteiger partial charge in [0.2, 0.25) is 0 Å². The Morgan fingerprint density at radius 1 is 1.60 bits per heavy atom. The van der Waals surface area contributed by atoms with E-state index in [9.17, 15) is 0 Å². The van der Waals surface area contributed by atoms with E-state index in [4.69, 9.17) is 5.73 Å². The molecule has 0 spiro atoms. The maximum Gasteiger partial charge on any atom is 0.200 e. The predicted octanol–water partition coefficient (Wildman–Crippen LogP) is -1.17. The number of guanidine groups is 2. The van der Waals surface area contributed by atoms with Crippen LogP contribution in [0.15, 0.2) is 9.98 Å². The molecule has 0 amide bonds. The first-order valence-electron chi connectivity index (χ1n) is 3.08. The van der Waals surface area contributed by atoms with Crippen molar-refractivity contribution in [2.75, 3.05) is 7.05 Å². The molecule has 0 bridgehead atoms. The summed E-state index contributed by atoms with van der Waals surface area (Å²) in [5, 5.41) is 5.61. The predicted molar refractivity (Wildman–Crippen MR) is 40.7 cm³/mol. The molecule has 4 N–H and O–H groups in total. The quantitative estimate of drug-likeness (QED) is 0.398. The summed E-state index contributed by atoms with van der Waals surface area (Å²) in [5.41, 5.74) is 5.41. The standard InChI is InChI=1S/C5H11N5/c1-3-8-4(6)10-5(7-2)9-3/h3H,1-2H3,(H4,6,7,8,9,10)/t3-/m0/s1. The van der Waals surface area contributed by atoms with Crippen LogP contribution < -0.4 is 16.4 Å². The number of rotatable bonds is 0. The van der Waals surface area contributed by atoms with Gasteiger partial charge in [0.05, 0.1) is 0 Å². The molecule has 1 rings (SSSR count). The molecule has 1 aliphatic rings. The lowest BCUT2D eigenvalue weighted by Crippen LogP contribution is -2.46. The largest absolute Gasteiger partial charge is 0.370 e. The average Bonchev–Trinajstić information content (AvgIpc) is 1.85. The molecule has 0 aromatic heterocycles. The Morgan fingerprint density at radius 2 is 2.30 bits per heavy atom. The van der Waals surface area contributed by atoms with Crippen LogP contribution >= 0.6 is 0 Å². The maximum atomic E-state index is 5.41. The highest BCUT2D eigenvalue weighted by molar-refractivity contribution is 5.99. The van der Waals surface area contributed by atoms with E-state index < -0.39 is 0 Å². The summed E-state index contributed by atoms with van der Waals surface area (Å²) in [4.78, 5) is 8.01. The van der Waals surface area contributed by atoms with Crippen LogP contribution in [-0.2, 0) is 0 Å². The number of aliphatic imine (C=N–C) groups is 2. The highest BCUT2D eigenvalue weighted by Gasteiger charge is 2.07. The van der Waals surface area contributed by atoms with Crippen LogP contribution in [0.4, 0.5) is 0 Å². The zero-order valence-electron chi connectivity index (χ0n) is 6.05. The lowest BCUT2D eigenvalue weighted by atomic mass is 10.5. The minimum absolute atomic E-state index is 0.0799. The maximum absolute atomic E-state index is 5.41. The molecule has 0 saturated heterocycles. The molecule has 0 saturated carbocycles. The zero-order chi connectivity index (χ0) is 7.56. The Balaban J connectivity index is 2.65. The molecule has 1 atom stereocenters. The van der Waals surface area contributed by atoms with Gasteiger partial charge in [-0.25, -0.2) is 9.98 Å². The molecule has 0 unspecified atom stereocenters. The van der Waals surface area contributed by atoms with Crippen molar-refractivity contribution in [2.24, 2.45) is 15.7 Å². The fourth-order valence-corrected chi connectivity index (χ4v) is 0.730. The zero-order valence-corrected chi connectivity index (χ0v) is 6.05. The first kappa shape index (κ1) is 6.85. The van der Waals surface area contributed by atoms with E-state index in [0.717, 1.165) is 0 Å². The summed E-state index contributed by atoms with van der Waals surface area (Å²) < 4.78 is 0. The lowest BCUT2D eigenvalue weighted by Gasteiger charge is -2.15. The number of nitrogens with two attached hydrogens (primary N) is 1. The van der Waals surface area contributed by atoms with E-state index in [1.54, 1.807) is 7.05 Å². The second kappa shape index (κ2) is 2.55. The van der Waals surface area contributed by atoms with E-state index in [1.807, 2.05) is 6.92 Å². The topological polar surface area (TPSA) is 74.8 Å². The molecule has 1 aliphatic heterocycles. The summed E-state index contributed by atoms with van der Waals surface area (Å²) in [6.07, 6.45) is -0.0799. The second-order valence-electron chi connectivity index (χ2n) is 2.00. The van der Waals surface area contributed by atoms with Crippen molar-refractivity contribution < 1.29 is 0 Å². The normalized spacial score (nSPS) is 24.4. The van der Waals surface area contributed by atoms with Crippen LogP contribution in [0.25, 0.3) is 0 Å². The molecule has 0 aliphatic carbocycles. The summed E-state index contributed by atoms with van der Waals surface area (Å²) in [6.45, 7) is 1.87. The fourth-order valence-electron chi connectivity index (χ4n) is 0.730. The van der Waals surface area contributed by atoms with Gasteiger partial charge in [0.15, 0.2) is 11.9 Å². The van der Waals surface area contributed by atoms with Crippen molar-refractivity contribution in [3.05, 3.63) is 0 Å². The SMILES string of the molecule is CNC1=N[C@@H](C)N=C(N)N1. The first-order valence-corrected chi connectivity index (χ1v) is 3.08. The minimum atomic E-state index is -0.0799. The monoisotopic (exact) mass is 141 g/mol. The summed E-state index contributed by atoms with van der Waals surface area (Å²) >= 11 is 0. The van der Waals surface area contributed by atoms with E-state index in [1.165, 1.54) is 0 Å². The van der Waals surface area contributed by atoms with Crippen molar-refractivity contribution >= 4 is 11.9 Å². The number of hydrogen-bond donors (Lipinski definition) is 3. The van der Waals surface area contributed by atoms with Crippen molar-refractivity contribution in [2.45, 2.75) is 13.1 Å². The van der Waals surface area contributed by atoms with Crippen LogP contribution in [0.5, 0.6) is 0 Å². The van der Waals surface area contributed by atoms with Gasteiger partial charge in [-0.15, -0.1) is 0 Å². The van der Waals surface area contributed by atoms with Crippen molar-refractivity contribution in [1.82, 2.24) is 10.6 Å². The third-order valence-corrected chi connectivity index (χ3v) is 1.13. The van der Waals surface area contributed by atoms with Crippen LogP contribution in [-0.4, -0.2) is 25.1 Å². The number of nitrogens with zero attached hydrogens (tertiary/aromatic N) is 2. The van der Waals surface area contributed by atoms with Gasteiger partial charge in [0.25, 0.3) is 0 Å². The molecule has 0 aromatic carbocycles. The molecule has 10 heavy (non-hydrogen) atoms. The molecule has 0 radical (unpaired) electrons. The van der Waals surface area contributed by atoms with Gasteiger partial charge in [-0.1, -0.05) is 0 Å². The van der Waals surface area contributed by atoms with E-state index in [0.29, 0.717) is 11.9 Å². The smallest absolute Gasteiger partial charge is 0.200 e. The van der Waals surface area contributed by atoms with Gasteiger partial charge in [-0.05, 0) is 6.92 Å². The van der Waals surface area contributed by atoms with Gasteiger partial charge >= 0.3 is 0 Å². The van der Waals surface area contributed by atoms with Gasteiger partial charge in [-0.2, -0.15) is 0 Å². The van der Waals surface area contributed by atoms with Gasteiger partial charge < -0.3 is 11.1 Å². The summed E-state index contributed by atoms with van der Waals surface area (Å²) in [7, 11) is 1.77. The van der Waals surface area contributed by atoms with Crippen LogP contribution in [0, 0.1) is 0 Å². The molecular weight excluding hydrogens is 130 g/mol. The van der Waals surface area contributed by atoms with E-state index in [2.05, 4.69) is 20.6 Å². The van der Waals surface area contributed by atoms with Crippen LogP contribution in [0.3, 0.4) is 0 Å². The first-order chi connectivity index (χ1) is 4.72. The Labute approximate surface area is 59.4 Å². The van der Waals surface area contributed by atoms with Gasteiger partial charge in [0, 0.05) is 7.05 Å². The second-order valence-corrected chi connectivity index (χ2v) is 2.00. The Kier molecular flexibility index (Phi) is 1.75. The van der Waals surface area contributed by atoms with Gasteiger partial charge in [0.1, 0.15) is 6.17 Å². The third-order valence-electron chi connectivity index (χ3n) is 1.13. The Bertz CT molecular complexity index is 182. The van der Waals surface area contributed by atoms with Crippen LogP contribution in [0.1, 0.15) is 6.92 Å². The number of hydrogen-bond acceptors (Lipinski definition) is 5. The fraction of sp³-hybridized carbons (Fsp3) is 0.600. The molecular formula is C5H11N5. The van der Waals surface area contributed by atoms with Crippen LogP contribution in [0.2, 0.25) is 0 Å². The highest BCUT2D eigenvalue weighted by Crippen LogP contribution is 1.93.